The molecule has 2 heteroatoms. The van der Waals surface area contributed by atoms with Gasteiger partial charge in [-0.25, -0.2) is 4.98 Å². The van der Waals surface area contributed by atoms with Gasteiger partial charge in [0.05, 0.1) is 5.69 Å². The predicted molar refractivity (Wildman–Crippen MR) is 102 cm³/mol. The molecule has 1 heterocycles. The topological polar surface area (TPSA) is 28.7 Å². The van der Waals surface area contributed by atoms with Gasteiger partial charge in [0.15, 0.2) is 0 Å². The summed E-state index contributed by atoms with van der Waals surface area (Å²) >= 11 is 0. The SMILES string of the molecule is CCCCCCCCCCCCCCc1nc(CC)c(CC)[nH]1. The Hall–Kier alpha value is -0.790. The number of imidazole rings is 1. The summed E-state index contributed by atoms with van der Waals surface area (Å²) in [4.78, 5) is 8.24. The van der Waals surface area contributed by atoms with Crippen LogP contribution >= 0.6 is 0 Å². The lowest BCUT2D eigenvalue weighted by molar-refractivity contribution is 0.543. The summed E-state index contributed by atoms with van der Waals surface area (Å²) in [5.74, 6) is 1.21. The van der Waals surface area contributed by atoms with E-state index in [9.17, 15) is 0 Å². The van der Waals surface area contributed by atoms with Crippen LogP contribution in [0.4, 0.5) is 0 Å². The van der Waals surface area contributed by atoms with E-state index in [0.717, 1.165) is 19.3 Å². The summed E-state index contributed by atoms with van der Waals surface area (Å²) in [6, 6.07) is 0. The van der Waals surface area contributed by atoms with Crippen molar-refractivity contribution in [2.24, 2.45) is 0 Å². The number of hydrogen-bond donors (Lipinski definition) is 1. The summed E-state index contributed by atoms with van der Waals surface area (Å²) in [7, 11) is 0. The zero-order chi connectivity index (χ0) is 16.8. The van der Waals surface area contributed by atoms with E-state index in [1.54, 1.807) is 0 Å². The number of hydrogen-bond acceptors (Lipinski definition) is 1. The predicted octanol–water partition coefficient (Wildman–Crippen LogP) is 6.78. The van der Waals surface area contributed by atoms with Crippen molar-refractivity contribution in [3.63, 3.8) is 0 Å². The summed E-state index contributed by atoms with van der Waals surface area (Å²) in [5.41, 5.74) is 2.63. The summed E-state index contributed by atoms with van der Waals surface area (Å²) in [5, 5.41) is 0. The molecule has 0 aliphatic heterocycles. The Morgan fingerprint density at radius 1 is 0.652 bits per heavy atom. The van der Waals surface area contributed by atoms with Crippen LogP contribution in [0.25, 0.3) is 0 Å². The third-order valence-corrected chi connectivity index (χ3v) is 4.87. The highest BCUT2D eigenvalue weighted by atomic mass is 14.9. The van der Waals surface area contributed by atoms with E-state index in [2.05, 4.69) is 25.8 Å². The van der Waals surface area contributed by atoms with E-state index in [1.807, 2.05) is 0 Å². The Morgan fingerprint density at radius 3 is 1.61 bits per heavy atom. The smallest absolute Gasteiger partial charge is 0.106 e. The second kappa shape index (κ2) is 13.6. The van der Waals surface area contributed by atoms with Crippen molar-refractivity contribution in [1.29, 1.82) is 0 Å². The molecule has 23 heavy (non-hydrogen) atoms. The highest BCUT2D eigenvalue weighted by Gasteiger charge is 2.06. The molecular formula is C21H40N2. The zero-order valence-electron chi connectivity index (χ0n) is 16.1. The highest BCUT2D eigenvalue weighted by Crippen LogP contribution is 2.14. The van der Waals surface area contributed by atoms with Crippen LogP contribution in [0.3, 0.4) is 0 Å². The van der Waals surface area contributed by atoms with Crippen molar-refractivity contribution in [1.82, 2.24) is 9.97 Å². The van der Waals surface area contributed by atoms with Gasteiger partial charge >= 0.3 is 0 Å². The van der Waals surface area contributed by atoms with Gasteiger partial charge in [-0.1, -0.05) is 91.4 Å². The Balaban J connectivity index is 1.92. The first-order valence-electron chi connectivity index (χ1n) is 10.4. The molecule has 0 saturated carbocycles. The maximum absolute atomic E-state index is 4.73. The van der Waals surface area contributed by atoms with Gasteiger partial charge in [0, 0.05) is 12.1 Å². The van der Waals surface area contributed by atoms with Crippen molar-refractivity contribution >= 4 is 0 Å². The molecule has 0 aliphatic carbocycles. The number of aromatic amines is 1. The number of nitrogens with zero attached hydrogens (tertiary/aromatic N) is 1. The van der Waals surface area contributed by atoms with E-state index in [-0.39, 0.29) is 0 Å². The van der Waals surface area contributed by atoms with Crippen LogP contribution in [-0.4, -0.2) is 9.97 Å². The molecule has 0 amide bonds. The maximum Gasteiger partial charge on any atom is 0.106 e. The van der Waals surface area contributed by atoms with Gasteiger partial charge in [-0.3, -0.25) is 0 Å². The number of unbranched alkanes of at least 4 members (excludes halogenated alkanes) is 11. The lowest BCUT2D eigenvalue weighted by atomic mass is 10.0. The Labute approximate surface area is 144 Å². The molecule has 1 aromatic rings. The highest BCUT2D eigenvalue weighted by molar-refractivity contribution is 5.14. The van der Waals surface area contributed by atoms with Crippen LogP contribution in [-0.2, 0) is 19.3 Å². The van der Waals surface area contributed by atoms with Crippen molar-refractivity contribution in [2.75, 3.05) is 0 Å². The van der Waals surface area contributed by atoms with Crippen molar-refractivity contribution in [3.05, 3.63) is 17.2 Å². The summed E-state index contributed by atoms with van der Waals surface area (Å²) in [6.45, 7) is 6.69. The number of nitrogens with one attached hydrogen (secondary N) is 1. The molecule has 0 atom stereocenters. The van der Waals surface area contributed by atoms with Crippen LogP contribution in [0.15, 0.2) is 0 Å². The Morgan fingerprint density at radius 2 is 1.17 bits per heavy atom. The normalized spacial score (nSPS) is 11.3. The van der Waals surface area contributed by atoms with Crippen molar-refractivity contribution in [2.45, 2.75) is 117 Å². The van der Waals surface area contributed by atoms with E-state index < -0.39 is 0 Å². The van der Waals surface area contributed by atoms with Gasteiger partial charge in [-0.05, 0) is 19.3 Å². The first-order chi connectivity index (χ1) is 11.3. The van der Waals surface area contributed by atoms with E-state index in [4.69, 9.17) is 4.98 Å². The molecule has 0 fully saturated rings. The lowest BCUT2D eigenvalue weighted by Crippen LogP contribution is -1.90. The monoisotopic (exact) mass is 320 g/mol. The molecule has 1 N–H and O–H groups in total. The quantitative estimate of drug-likeness (QED) is 0.354. The lowest BCUT2D eigenvalue weighted by Gasteiger charge is -2.02. The number of H-pyrrole nitrogens is 1. The minimum Gasteiger partial charge on any atom is -0.346 e. The fraction of sp³-hybridized carbons (Fsp3) is 0.857. The summed E-state index contributed by atoms with van der Waals surface area (Å²) < 4.78 is 0. The molecule has 1 rings (SSSR count). The fourth-order valence-electron chi connectivity index (χ4n) is 3.34. The van der Waals surface area contributed by atoms with Gasteiger partial charge in [0.25, 0.3) is 0 Å². The Bertz CT molecular complexity index is 360. The molecule has 0 aliphatic rings. The molecule has 0 radical (unpaired) electrons. The molecule has 0 spiro atoms. The second-order valence-corrected chi connectivity index (χ2v) is 6.95. The molecular weight excluding hydrogens is 280 g/mol. The van der Waals surface area contributed by atoms with Gasteiger partial charge < -0.3 is 4.98 Å². The third kappa shape index (κ3) is 9.17. The molecule has 134 valence electrons. The zero-order valence-corrected chi connectivity index (χ0v) is 16.1. The maximum atomic E-state index is 4.73. The first-order valence-corrected chi connectivity index (χ1v) is 10.4. The van der Waals surface area contributed by atoms with Crippen LogP contribution in [0.2, 0.25) is 0 Å². The van der Waals surface area contributed by atoms with Gasteiger partial charge in [-0.15, -0.1) is 0 Å². The van der Waals surface area contributed by atoms with Crippen LogP contribution in [0.1, 0.15) is 115 Å². The fourth-order valence-corrected chi connectivity index (χ4v) is 3.34. The van der Waals surface area contributed by atoms with Gasteiger partial charge in [0.2, 0.25) is 0 Å². The van der Waals surface area contributed by atoms with Crippen LogP contribution in [0.5, 0.6) is 0 Å². The van der Waals surface area contributed by atoms with E-state index in [0.29, 0.717) is 0 Å². The van der Waals surface area contributed by atoms with Crippen LogP contribution in [0, 0.1) is 0 Å². The van der Waals surface area contributed by atoms with Gasteiger partial charge in [0.1, 0.15) is 5.82 Å². The van der Waals surface area contributed by atoms with Crippen molar-refractivity contribution < 1.29 is 0 Å². The average molecular weight is 321 g/mol. The molecule has 0 saturated heterocycles. The largest absolute Gasteiger partial charge is 0.346 e. The van der Waals surface area contributed by atoms with Crippen LogP contribution < -0.4 is 0 Å². The average Bonchev–Trinajstić information content (AvgIpc) is 2.98. The van der Waals surface area contributed by atoms with E-state index >= 15 is 0 Å². The molecule has 0 bridgehead atoms. The standard InChI is InChI=1S/C21H40N2/c1-4-7-8-9-10-11-12-13-14-15-16-17-18-21-22-19(5-2)20(6-3)23-21/h4-18H2,1-3H3,(H,22,23). The number of aryl methyl sites for hydroxylation is 3. The molecule has 1 aromatic heterocycles. The van der Waals surface area contributed by atoms with E-state index in [1.165, 1.54) is 94.3 Å². The Kier molecular flexibility index (Phi) is 12.0. The minimum atomic E-state index is 1.05. The molecule has 0 aromatic carbocycles. The minimum absolute atomic E-state index is 1.05. The van der Waals surface area contributed by atoms with Crippen molar-refractivity contribution in [3.8, 4) is 0 Å². The third-order valence-electron chi connectivity index (χ3n) is 4.87. The molecule has 2 nitrogen and oxygen atoms in total. The van der Waals surface area contributed by atoms with Gasteiger partial charge in [-0.2, -0.15) is 0 Å². The second-order valence-electron chi connectivity index (χ2n) is 6.95. The number of rotatable bonds is 15. The first kappa shape index (κ1) is 20.3. The molecule has 0 unspecified atom stereocenters. The number of aromatic nitrogens is 2. The summed E-state index contributed by atoms with van der Waals surface area (Å²) in [6.07, 6.45) is 20.2.